The molecule has 0 amide bonds. The van der Waals surface area contributed by atoms with Crippen LogP contribution in [0.3, 0.4) is 0 Å². The van der Waals surface area contributed by atoms with Crippen molar-refractivity contribution in [3.63, 3.8) is 0 Å². The van der Waals surface area contributed by atoms with Crippen LogP contribution in [0.1, 0.15) is 271 Å². The van der Waals surface area contributed by atoms with Gasteiger partial charge < -0.3 is 14.6 Å². The maximum Gasteiger partial charge on any atom is 0.306 e. The van der Waals surface area contributed by atoms with Gasteiger partial charge in [-0.2, -0.15) is 0 Å². The van der Waals surface area contributed by atoms with E-state index < -0.39 is 6.10 Å². The molecule has 5 nitrogen and oxygen atoms in total. The van der Waals surface area contributed by atoms with E-state index in [9.17, 15) is 14.7 Å². The predicted octanol–water partition coefficient (Wildman–Crippen LogP) is 16.7. The van der Waals surface area contributed by atoms with Gasteiger partial charge >= 0.3 is 11.9 Å². The van der Waals surface area contributed by atoms with Gasteiger partial charge in [-0.05, 0) is 70.6 Å². The summed E-state index contributed by atoms with van der Waals surface area (Å²) in [5.41, 5.74) is 0. The van der Waals surface area contributed by atoms with Crippen LogP contribution in [0.15, 0.2) is 36.5 Å². The first-order chi connectivity index (χ1) is 28.6. The highest BCUT2D eigenvalue weighted by molar-refractivity contribution is 5.70. The SMILES string of the molecule is CCCCCCC/C=C\C/C=C\CCCCCCCCCCCCCCCCCC(=O)OC(CO)COC(=O)CCCCCCCCC/C=C\CCCCCCCC. The Hall–Kier alpha value is -1.88. The van der Waals surface area contributed by atoms with Gasteiger partial charge in [0.15, 0.2) is 6.10 Å². The Morgan fingerprint density at radius 2 is 0.690 bits per heavy atom. The molecule has 0 aromatic rings. The molecule has 0 aliphatic carbocycles. The van der Waals surface area contributed by atoms with Crippen molar-refractivity contribution >= 4 is 11.9 Å². The van der Waals surface area contributed by atoms with E-state index in [0.717, 1.165) is 44.9 Å². The number of hydrogen-bond donors (Lipinski definition) is 1. The fourth-order valence-corrected chi connectivity index (χ4v) is 7.52. The summed E-state index contributed by atoms with van der Waals surface area (Å²) in [7, 11) is 0. The molecule has 0 aliphatic rings. The molecule has 0 saturated heterocycles. The summed E-state index contributed by atoms with van der Waals surface area (Å²) >= 11 is 0. The van der Waals surface area contributed by atoms with E-state index in [1.54, 1.807) is 0 Å². The van der Waals surface area contributed by atoms with Crippen LogP contribution < -0.4 is 0 Å². The molecule has 0 aromatic carbocycles. The Balaban J connectivity index is 3.47. The van der Waals surface area contributed by atoms with E-state index in [1.807, 2.05) is 0 Å². The van der Waals surface area contributed by atoms with Crippen molar-refractivity contribution in [3.05, 3.63) is 36.5 Å². The normalized spacial score (nSPS) is 12.4. The Labute approximate surface area is 361 Å². The molecule has 0 heterocycles. The topological polar surface area (TPSA) is 72.8 Å². The van der Waals surface area contributed by atoms with E-state index in [4.69, 9.17) is 9.47 Å². The van der Waals surface area contributed by atoms with Crippen LogP contribution in [0.5, 0.6) is 0 Å². The Morgan fingerprint density at radius 1 is 0.397 bits per heavy atom. The number of allylic oxidation sites excluding steroid dienone is 6. The van der Waals surface area contributed by atoms with Crippen LogP contribution in [0.25, 0.3) is 0 Å². The summed E-state index contributed by atoms with van der Waals surface area (Å²) in [6, 6.07) is 0. The lowest BCUT2D eigenvalue weighted by atomic mass is 10.0. The number of unbranched alkanes of at least 4 members (excludes halogenated alkanes) is 33. The van der Waals surface area contributed by atoms with Gasteiger partial charge in [-0.15, -0.1) is 0 Å². The number of rotatable bonds is 47. The van der Waals surface area contributed by atoms with Crippen molar-refractivity contribution in [3.8, 4) is 0 Å². The highest BCUT2D eigenvalue weighted by Gasteiger charge is 2.16. The van der Waals surface area contributed by atoms with Crippen molar-refractivity contribution in [2.24, 2.45) is 0 Å². The van der Waals surface area contributed by atoms with E-state index in [0.29, 0.717) is 12.8 Å². The highest BCUT2D eigenvalue weighted by atomic mass is 16.6. The quantitative estimate of drug-likeness (QED) is 0.0376. The number of carbonyl (C=O) groups excluding carboxylic acids is 2. The molecular formula is C53H98O5. The number of carbonyl (C=O) groups is 2. The fraction of sp³-hybridized carbons (Fsp3) is 0.849. The van der Waals surface area contributed by atoms with Crippen molar-refractivity contribution in [1.82, 2.24) is 0 Å². The molecular weight excluding hydrogens is 717 g/mol. The molecule has 0 aliphatic heterocycles. The van der Waals surface area contributed by atoms with Crippen molar-refractivity contribution in [2.45, 2.75) is 277 Å². The van der Waals surface area contributed by atoms with Gasteiger partial charge in [-0.1, -0.05) is 224 Å². The second-order valence-electron chi connectivity index (χ2n) is 17.2. The smallest absolute Gasteiger partial charge is 0.306 e. The summed E-state index contributed by atoms with van der Waals surface area (Å²) in [4.78, 5) is 24.4. The number of aliphatic hydroxyl groups is 1. The molecule has 0 radical (unpaired) electrons. The molecule has 0 spiro atoms. The molecule has 0 aromatic heterocycles. The Morgan fingerprint density at radius 3 is 1.03 bits per heavy atom. The molecule has 0 rings (SSSR count). The zero-order chi connectivity index (χ0) is 42.1. The first-order valence-electron chi connectivity index (χ1n) is 25.5. The van der Waals surface area contributed by atoms with Gasteiger partial charge in [0.2, 0.25) is 0 Å². The minimum Gasteiger partial charge on any atom is -0.462 e. The zero-order valence-corrected chi connectivity index (χ0v) is 38.8. The third-order valence-corrected chi connectivity index (χ3v) is 11.4. The van der Waals surface area contributed by atoms with Gasteiger partial charge in [0.1, 0.15) is 6.61 Å². The molecule has 5 heteroatoms. The number of aliphatic hydroxyl groups excluding tert-OH is 1. The number of ether oxygens (including phenoxy) is 2. The zero-order valence-electron chi connectivity index (χ0n) is 38.8. The maximum absolute atomic E-state index is 12.3. The van der Waals surface area contributed by atoms with Gasteiger partial charge in [0.25, 0.3) is 0 Å². The van der Waals surface area contributed by atoms with Crippen LogP contribution in [0.4, 0.5) is 0 Å². The Kier molecular flexibility index (Phi) is 47.9. The first-order valence-corrected chi connectivity index (χ1v) is 25.5. The van der Waals surface area contributed by atoms with Gasteiger partial charge in [0, 0.05) is 12.8 Å². The van der Waals surface area contributed by atoms with Crippen molar-refractivity contribution < 1.29 is 24.2 Å². The molecule has 0 fully saturated rings. The summed E-state index contributed by atoms with van der Waals surface area (Å²) in [5.74, 6) is -0.585. The third kappa shape index (κ3) is 46.8. The van der Waals surface area contributed by atoms with Crippen LogP contribution in [-0.4, -0.2) is 36.4 Å². The van der Waals surface area contributed by atoms with Crippen molar-refractivity contribution in [1.29, 1.82) is 0 Å². The molecule has 1 N–H and O–H groups in total. The maximum atomic E-state index is 12.3. The first kappa shape index (κ1) is 56.1. The summed E-state index contributed by atoms with van der Waals surface area (Å²) < 4.78 is 10.7. The second-order valence-corrected chi connectivity index (χ2v) is 17.2. The lowest BCUT2D eigenvalue weighted by Crippen LogP contribution is -2.28. The average molecular weight is 815 g/mol. The lowest BCUT2D eigenvalue weighted by molar-refractivity contribution is -0.161. The summed E-state index contributed by atoms with van der Waals surface area (Å²) in [6.45, 7) is 4.15. The molecule has 58 heavy (non-hydrogen) atoms. The van der Waals surface area contributed by atoms with Gasteiger partial charge in [-0.3, -0.25) is 9.59 Å². The summed E-state index contributed by atoms with van der Waals surface area (Å²) in [6.07, 6.45) is 62.4. The van der Waals surface area contributed by atoms with E-state index in [2.05, 4.69) is 50.3 Å². The Bertz CT molecular complexity index is 924. The van der Waals surface area contributed by atoms with E-state index in [-0.39, 0.29) is 25.2 Å². The minimum atomic E-state index is -0.772. The van der Waals surface area contributed by atoms with Crippen molar-refractivity contribution in [2.75, 3.05) is 13.2 Å². The van der Waals surface area contributed by atoms with Gasteiger partial charge in [-0.25, -0.2) is 0 Å². The number of esters is 2. The van der Waals surface area contributed by atoms with Crippen LogP contribution in [0, 0.1) is 0 Å². The second kappa shape index (κ2) is 49.5. The standard InChI is InChI=1S/C53H98O5/c1-3-5-7-9-11-13-15-17-19-21-22-23-24-25-26-27-28-29-30-32-34-36-38-40-42-44-46-48-53(56)58-51(49-54)50-57-52(55)47-45-43-41-39-37-35-33-31-20-18-16-14-12-10-8-6-4-2/h15,17-18,20-22,51,54H,3-14,16,19,23-50H2,1-2H3/b17-15-,20-18-,22-21-. The predicted molar refractivity (Wildman–Crippen MR) is 251 cm³/mol. The number of hydrogen-bond acceptors (Lipinski definition) is 5. The molecule has 1 unspecified atom stereocenters. The molecule has 0 bridgehead atoms. The highest BCUT2D eigenvalue weighted by Crippen LogP contribution is 2.16. The molecule has 0 saturated carbocycles. The molecule has 340 valence electrons. The fourth-order valence-electron chi connectivity index (χ4n) is 7.52. The summed E-state index contributed by atoms with van der Waals surface area (Å²) in [5, 5.41) is 9.62. The third-order valence-electron chi connectivity index (χ3n) is 11.4. The molecule has 1 atom stereocenters. The van der Waals surface area contributed by atoms with Crippen LogP contribution >= 0.6 is 0 Å². The lowest BCUT2D eigenvalue weighted by Gasteiger charge is -2.15. The van der Waals surface area contributed by atoms with Gasteiger partial charge in [0.05, 0.1) is 6.61 Å². The van der Waals surface area contributed by atoms with E-state index in [1.165, 1.54) is 199 Å². The van der Waals surface area contributed by atoms with Crippen LogP contribution in [-0.2, 0) is 19.1 Å². The largest absolute Gasteiger partial charge is 0.462 e. The minimum absolute atomic E-state index is 0.0650. The average Bonchev–Trinajstić information content (AvgIpc) is 3.23. The monoisotopic (exact) mass is 815 g/mol. The van der Waals surface area contributed by atoms with E-state index >= 15 is 0 Å². The van der Waals surface area contributed by atoms with Crippen LogP contribution in [0.2, 0.25) is 0 Å².